The minimum absolute atomic E-state index is 0.124. The molecule has 4 aromatic rings. The Morgan fingerprint density at radius 3 is 2.59 bits per heavy atom. The molecule has 4 rings (SSSR count). The third-order valence-corrected chi connectivity index (χ3v) is 6.02. The molecule has 34 heavy (non-hydrogen) atoms. The van der Waals surface area contributed by atoms with E-state index < -0.39 is 0 Å². The third kappa shape index (κ3) is 5.84. The predicted octanol–water partition coefficient (Wildman–Crippen LogP) is 5.15. The average molecular weight is 492 g/mol. The standard InChI is InChI=1S/C25H22ClN5O2S/c1-17-6-10-21(11-7-17)31-24(19-8-12-22(33-2)13-9-19)29-30-25(31)34-16-23(32)28-27-15-18-4-3-5-20(26)14-18/h3-15H,16H2,1-2H3,(H,28,32). The number of nitrogens with zero attached hydrogens (tertiary/aromatic N) is 4. The largest absolute Gasteiger partial charge is 0.497 e. The molecule has 0 bridgehead atoms. The minimum Gasteiger partial charge on any atom is -0.497 e. The van der Waals surface area contributed by atoms with Gasteiger partial charge in [-0.15, -0.1) is 10.2 Å². The van der Waals surface area contributed by atoms with Crippen LogP contribution in [0.1, 0.15) is 11.1 Å². The molecular formula is C25H22ClN5O2S. The Labute approximate surface area is 206 Å². The van der Waals surface area contributed by atoms with E-state index in [-0.39, 0.29) is 11.7 Å². The number of ether oxygens (including phenoxy) is 1. The Hall–Kier alpha value is -3.62. The number of thioether (sulfide) groups is 1. The number of hydrazone groups is 1. The van der Waals surface area contributed by atoms with Crippen molar-refractivity contribution in [2.75, 3.05) is 12.9 Å². The maximum atomic E-state index is 12.4. The van der Waals surface area contributed by atoms with E-state index in [0.717, 1.165) is 28.1 Å². The molecule has 1 heterocycles. The van der Waals surface area contributed by atoms with Crippen molar-refractivity contribution in [3.63, 3.8) is 0 Å². The number of aryl methyl sites for hydroxylation is 1. The van der Waals surface area contributed by atoms with Crippen LogP contribution >= 0.6 is 23.4 Å². The van der Waals surface area contributed by atoms with Crippen molar-refractivity contribution in [2.24, 2.45) is 5.10 Å². The molecule has 0 saturated carbocycles. The van der Waals surface area contributed by atoms with Gasteiger partial charge < -0.3 is 4.74 Å². The van der Waals surface area contributed by atoms with Crippen molar-refractivity contribution in [1.29, 1.82) is 0 Å². The number of amides is 1. The van der Waals surface area contributed by atoms with E-state index in [9.17, 15) is 4.79 Å². The highest BCUT2D eigenvalue weighted by Gasteiger charge is 2.17. The van der Waals surface area contributed by atoms with Crippen LogP contribution in [0.5, 0.6) is 5.75 Å². The molecule has 1 aromatic heterocycles. The number of hydrogen-bond acceptors (Lipinski definition) is 6. The van der Waals surface area contributed by atoms with Gasteiger partial charge in [0.1, 0.15) is 5.75 Å². The number of carbonyl (C=O) groups is 1. The lowest BCUT2D eigenvalue weighted by molar-refractivity contribution is -0.118. The molecule has 0 unspecified atom stereocenters. The summed E-state index contributed by atoms with van der Waals surface area (Å²) in [5.41, 5.74) is 6.27. The van der Waals surface area contributed by atoms with Crippen molar-refractivity contribution in [3.8, 4) is 22.8 Å². The molecular weight excluding hydrogens is 470 g/mol. The smallest absolute Gasteiger partial charge is 0.250 e. The molecule has 1 N–H and O–H groups in total. The molecule has 9 heteroatoms. The normalized spacial score (nSPS) is 11.0. The molecule has 3 aromatic carbocycles. The zero-order chi connectivity index (χ0) is 23.9. The molecule has 1 amide bonds. The summed E-state index contributed by atoms with van der Waals surface area (Å²) in [6.45, 7) is 2.03. The van der Waals surface area contributed by atoms with Gasteiger partial charge in [-0.1, -0.05) is 53.2 Å². The maximum absolute atomic E-state index is 12.4. The summed E-state index contributed by atoms with van der Waals surface area (Å²) in [7, 11) is 1.63. The first-order valence-corrected chi connectivity index (χ1v) is 11.8. The highest BCUT2D eigenvalue weighted by atomic mass is 35.5. The zero-order valence-electron chi connectivity index (χ0n) is 18.6. The van der Waals surface area contributed by atoms with E-state index in [0.29, 0.717) is 16.0 Å². The summed E-state index contributed by atoms with van der Waals surface area (Å²) in [5, 5.41) is 14.0. The second-order valence-corrected chi connectivity index (χ2v) is 8.72. The van der Waals surface area contributed by atoms with Gasteiger partial charge in [-0.2, -0.15) is 5.10 Å². The zero-order valence-corrected chi connectivity index (χ0v) is 20.2. The van der Waals surface area contributed by atoms with E-state index in [1.54, 1.807) is 25.5 Å². The second-order valence-electron chi connectivity index (χ2n) is 7.34. The predicted molar refractivity (Wildman–Crippen MR) is 136 cm³/mol. The number of methoxy groups -OCH3 is 1. The van der Waals surface area contributed by atoms with Crippen LogP contribution in [0.4, 0.5) is 0 Å². The van der Waals surface area contributed by atoms with Gasteiger partial charge in [-0.05, 0) is 61.0 Å². The van der Waals surface area contributed by atoms with Crippen molar-refractivity contribution in [1.82, 2.24) is 20.2 Å². The molecule has 172 valence electrons. The van der Waals surface area contributed by atoms with Crippen LogP contribution in [0, 0.1) is 6.92 Å². The molecule has 0 saturated heterocycles. The summed E-state index contributed by atoms with van der Waals surface area (Å²) in [4.78, 5) is 12.4. The van der Waals surface area contributed by atoms with Gasteiger partial charge in [-0.25, -0.2) is 5.43 Å². The topological polar surface area (TPSA) is 81.4 Å². The molecule has 0 aliphatic rings. The molecule has 0 atom stereocenters. The van der Waals surface area contributed by atoms with E-state index in [1.165, 1.54) is 11.8 Å². The molecule has 0 radical (unpaired) electrons. The first-order valence-electron chi connectivity index (χ1n) is 10.4. The number of carbonyl (C=O) groups excluding carboxylic acids is 1. The number of rotatable bonds is 8. The lowest BCUT2D eigenvalue weighted by atomic mass is 10.2. The number of hydrogen-bond donors (Lipinski definition) is 1. The molecule has 0 fully saturated rings. The summed E-state index contributed by atoms with van der Waals surface area (Å²) in [6, 6.07) is 22.9. The Kier molecular flexibility index (Phi) is 7.61. The quantitative estimate of drug-likeness (QED) is 0.209. The SMILES string of the molecule is COc1ccc(-c2nnc(SCC(=O)NN=Cc3cccc(Cl)c3)n2-c2ccc(C)cc2)cc1. The van der Waals surface area contributed by atoms with Gasteiger partial charge in [0.2, 0.25) is 0 Å². The van der Waals surface area contributed by atoms with Crippen molar-refractivity contribution < 1.29 is 9.53 Å². The lowest BCUT2D eigenvalue weighted by Crippen LogP contribution is -2.20. The van der Waals surface area contributed by atoms with Gasteiger partial charge in [0.25, 0.3) is 5.91 Å². The molecule has 0 aliphatic carbocycles. The lowest BCUT2D eigenvalue weighted by Gasteiger charge is -2.11. The monoisotopic (exact) mass is 491 g/mol. The summed E-state index contributed by atoms with van der Waals surface area (Å²) in [6.07, 6.45) is 1.55. The van der Waals surface area contributed by atoms with Gasteiger partial charge in [0.05, 0.1) is 19.1 Å². The summed E-state index contributed by atoms with van der Waals surface area (Å²) >= 11 is 7.25. The van der Waals surface area contributed by atoms with Crippen molar-refractivity contribution in [2.45, 2.75) is 12.1 Å². The Bertz CT molecular complexity index is 1300. The van der Waals surface area contributed by atoms with Gasteiger partial charge in [0, 0.05) is 16.3 Å². The fraction of sp³-hybridized carbons (Fsp3) is 0.120. The van der Waals surface area contributed by atoms with Crippen LogP contribution in [-0.4, -0.2) is 39.7 Å². The van der Waals surface area contributed by atoms with Crippen LogP contribution in [-0.2, 0) is 4.79 Å². The van der Waals surface area contributed by atoms with E-state index in [2.05, 4.69) is 20.7 Å². The van der Waals surface area contributed by atoms with Crippen molar-refractivity contribution >= 4 is 35.5 Å². The van der Waals surface area contributed by atoms with Crippen LogP contribution < -0.4 is 10.2 Å². The third-order valence-electron chi connectivity index (χ3n) is 4.86. The first kappa shape index (κ1) is 23.5. The van der Waals surface area contributed by atoms with E-state index >= 15 is 0 Å². The number of aromatic nitrogens is 3. The number of benzene rings is 3. The minimum atomic E-state index is -0.257. The Morgan fingerprint density at radius 1 is 1.12 bits per heavy atom. The summed E-state index contributed by atoms with van der Waals surface area (Å²) < 4.78 is 7.20. The van der Waals surface area contributed by atoms with Crippen LogP contribution in [0.3, 0.4) is 0 Å². The number of halogens is 1. The molecule has 7 nitrogen and oxygen atoms in total. The van der Waals surface area contributed by atoms with E-state index in [4.69, 9.17) is 16.3 Å². The average Bonchev–Trinajstić information content (AvgIpc) is 3.27. The van der Waals surface area contributed by atoms with Gasteiger partial charge in [0.15, 0.2) is 11.0 Å². The molecule has 0 aliphatic heterocycles. The Morgan fingerprint density at radius 2 is 1.88 bits per heavy atom. The van der Waals surface area contributed by atoms with E-state index in [1.807, 2.05) is 72.2 Å². The first-order chi connectivity index (χ1) is 16.5. The molecule has 0 spiro atoms. The van der Waals surface area contributed by atoms with Crippen LogP contribution in [0.25, 0.3) is 17.1 Å². The highest BCUT2D eigenvalue weighted by molar-refractivity contribution is 7.99. The summed E-state index contributed by atoms with van der Waals surface area (Å²) in [5.74, 6) is 1.30. The fourth-order valence-corrected chi connectivity index (χ4v) is 4.09. The second kappa shape index (κ2) is 11.0. The van der Waals surface area contributed by atoms with Gasteiger partial charge in [-0.3, -0.25) is 9.36 Å². The van der Waals surface area contributed by atoms with Crippen LogP contribution in [0.15, 0.2) is 83.1 Å². The van der Waals surface area contributed by atoms with Gasteiger partial charge >= 0.3 is 0 Å². The number of nitrogens with one attached hydrogen (secondary N) is 1. The highest BCUT2D eigenvalue weighted by Crippen LogP contribution is 2.29. The van der Waals surface area contributed by atoms with Crippen LogP contribution in [0.2, 0.25) is 5.02 Å². The van der Waals surface area contributed by atoms with Crippen molar-refractivity contribution in [3.05, 3.63) is 88.9 Å². The Balaban J connectivity index is 1.52. The maximum Gasteiger partial charge on any atom is 0.250 e. The fourth-order valence-electron chi connectivity index (χ4n) is 3.15.